The van der Waals surface area contributed by atoms with E-state index < -0.39 is 40.9 Å². The molecule has 0 unspecified atom stereocenters. The Morgan fingerprint density at radius 1 is 1.05 bits per heavy atom. The lowest BCUT2D eigenvalue weighted by Crippen LogP contribution is -2.70. The van der Waals surface area contributed by atoms with E-state index in [2.05, 4.69) is 0 Å². The van der Waals surface area contributed by atoms with Gasteiger partial charge in [-0.05, 0) is 48.9 Å². The van der Waals surface area contributed by atoms with E-state index in [0.29, 0.717) is 18.5 Å². The number of ether oxygens (including phenoxy) is 1. The zero-order valence-electron chi connectivity index (χ0n) is 20.8. The highest BCUT2D eigenvalue weighted by Crippen LogP contribution is 2.57. The second-order valence-electron chi connectivity index (χ2n) is 11.1. The number of hydrogen-bond donors (Lipinski definition) is 1. The molecule has 0 saturated carbocycles. The maximum absolute atomic E-state index is 15.4. The molecule has 10 heteroatoms. The number of pyridine rings is 1. The molecule has 5 atom stereocenters. The van der Waals surface area contributed by atoms with Gasteiger partial charge in [-0.15, -0.1) is 11.8 Å². The van der Waals surface area contributed by atoms with Crippen molar-refractivity contribution in [3.05, 3.63) is 92.9 Å². The number of amides is 1. The summed E-state index contributed by atoms with van der Waals surface area (Å²) in [5.74, 6) is -2.60. The molecule has 2 bridgehead atoms. The second-order valence-corrected chi connectivity index (χ2v) is 12.1. The molecular formula is C29H25F2N3O4S. The largest absolute Gasteiger partial charge is 0.502 e. The van der Waals surface area contributed by atoms with Gasteiger partial charge in [0.05, 0.1) is 17.7 Å². The predicted molar refractivity (Wildman–Crippen MR) is 139 cm³/mol. The zero-order chi connectivity index (χ0) is 26.6. The molecule has 39 heavy (non-hydrogen) atoms. The zero-order valence-corrected chi connectivity index (χ0v) is 21.7. The van der Waals surface area contributed by atoms with Gasteiger partial charge in [0.2, 0.25) is 5.43 Å². The van der Waals surface area contributed by atoms with Gasteiger partial charge in [-0.3, -0.25) is 19.3 Å². The van der Waals surface area contributed by atoms with E-state index >= 15 is 4.39 Å². The molecule has 2 aromatic carbocycles. The molecule has 1 amide bonds. The molecule has 3 fully saturated rings. The van der Waals surface area contributed by atoms with Gasteiger partial charge in [-0.2, -0.15) is 0 Å². The lowest BCUT2D eigenvalue weighted by molar-refractivity contribution is -0.0756. The van der Waals surface area contributed by atoms with Gasteiger partial charge in [0.1, 0.15) is 6.17 Å². The van der Waals surface area contributed by atoms with E-state index in [9.17, 15) is 19.1 Å². The highest BCUT2D eigenvalue weighted by Gasteiger charge is 2.63. The molecule has 6 heterocycles. The minimum atomic E-state index is -0.908. The third-order valence-electron chi connectivity index (χ3n) is 9.35. The van der Waals surface area contributed by atoms with Crippen molar-refractivity contribution in [3.8, 4) is 5.75 Å². The highest BCUT2D eigenvalue weighted by atomic mass is 32.2. The molecule has 0 aliphatic carbocycles. The number of halogens is 2. The Kier molecular flexibility index (Phi) is 4.87. The lowest BCUT2D eigenvalue weighted by atomic mass is 9.71. The smallest absolute Gasteiger partial charge is 0.278 e. The minimum absolute atomic E-state index is 0.0273. The normalized spacial score (nSPS) is 30.3. The van der Waals surface area contributed by atoms with Crippen LogP contribution in [0.1, 0.15) is 58.9 Å². The average Bonchev–Trinajstić information content (AvgIpc) is 3.47. The fourth-order valence-corrected chi connectivity index (χ4v) is 8.78. The Labute approximate surface area is 227 Å². The molecule has 3 saturated heterocycles. The summed E-state index contributed by atoms with van der Waals surface area (Å²) in [5.41, 5.74) is 0.625. The molecule has 1 spiro atoms. The molecule has 5 aliphatic heterocycles. The van der Waals surface area contributed by atoms with Crippen molar-refractivity contribution in [1.82, 2.24) is 9.58 Å². The number of carbonyl (C=O) groups is 1. The van der Waals surface area contributed by atoms with Crippen LogP contribution in [0, 0.1) is 17.6 Å². The van der Waals surface area contributed by atoms with E-state index in [1.54, 1.807) is 15.6 Å². The number of piperidine rings is 1. The van der Waals surface area contributed by atoms with Crippen LogP contribution < -0.4 is 10.4 Å². The SMILES string of the molecule is O=C1c2c(O)c(=O)ccn2N([C@H]2c3ccccc3SCc3c2ccc(F)c3F)[C@@H]2[C@H]3C[C@@H]4CC[C@@]3(CCN12)O4. The Hall–Kier alpha value is -3.37. The maximum Gasteiger partial charge on any atom is 0.278 e. The molecule has 1 N–H and O–H groups in total. The highest BCUT2D eigenvalue weighted by molar-refractivity contribution is 7.98. The maximum atomic E-state index is 15.4. The summed E-state index contributed by atoms with van der Waals surface area (Å²) < 4.78 is 38.0. The summed E-state index contributed by atoms with van der Waals surface area (Å²) in [4.78, 5) is 29.1. The number of benzene rings is 2. The third kappa shape index (κ3) is 3.07. The Balaban J connectivity index is 1.44. The summed E-state index contributed by atoms with van der Waals surface area (Å²) in [6.45, 7) is 0.402. The number of thioether (sulfide) groups is 1. The van der Waals surface area contributed by atoms with Gasteiger partial charge in [0, 0.05) is 40.9 Å². The van der Waals surface area contributed by atoms with Crippen LogP contribution >= 0.6 is 11.8 Å². The molecule has 0 radical (unpaired) electrons. The summed E-state index contributed by atoms with van der Waals surface area (Å²) in [6.07, 6.45) is 4.50. The topological polar surface area (TPSA) is 75.0 Å². The van der Waals surface area contributed by atoms with E-state index in [0.717, 1.165) is 35.8 Å². The van der Waals surface area contributed by atoms with E-state index in [1.807, 2.05) is 29.3 Å². The average molecular weight is 550 g/mol. The Morgan fingerprint density at radius 3 is 2.74 bits per heavy atom. The fraction of sp³-hybridized carbons (Fsp3) is 0.379. The summed E-state index contributed by atoms with van der Waals surface area (Å²) >= 11 is 1.44. The standard InChI is InChI=1S/C29H25F2N3O4S/c30-20-6-5-16-18(23(20)31)14-39-22-4-2-1-3-17(22)24(16)34-27-19-13-15-7-9-29(19,38-15)10-12-32(27)28(37)25-26(36)21(35)8-11-33(25)34/h1-6,8,11,15,19,24,27,36H,7,9-10,12-14H2/t15-,19+,24+,27+,29-/m0/s1. The van der Waals surface area contributed by atoms with Crippen LogP contribution in [0.3, 0.4) is 0 Å². The molecular weight excluding hydrogens is 524 g/mol. The van der Waals surface area contributed by atoms with Crippen LogP contribution in [0.4, 0.5) is 8.78 Å². The monoisotopic (exact) mass is 549 g/mol. The molecule has 5 aliphatic rings. The van der Waals surface area contributed by atoms with Crippen LogP contribution in [0.5, 0.6) is 5.75 Å². The van der Waals surface area contributed by atoms with Crippen molar-refractivity contribution < 1.29 is 23.4 Å². The molecule has 200 valence electrons. The van der Waals surface area contributed by atoms with Crippen molar-refractivity contribution in [2.24, 2.45) is 5.92 Å². The van der Waals surface area contributed by atoms with Gasteiger partial charge in [-0.25, -0.2) is 8.78 Å². The first-order valence-electron chi connectivity index (χ1n) is 13.3. The molecule has 1 aromatic heterocycles. The quantitative estimate of drug-likeness (QED) is 0.488. The van der Waals surface area contributed by atoms with Gasteiger partial charge in [0.15, 0.2) is 23.1 Å². The number of rotatable bonds is 1. The second kappa shape index (κ2) is 8.08. The van der Waals surface area contributed by atoms with Crippen molar-refractivity contribution in [2.75, 3.05) is 11.6 Å². The lowest BCUT2D eigenvalue weighted by Gasteiger charge is -2.57. The van der Waals surface area contributed by atoms with Crippen LogP contribution in [-0.2, 0) is 10.5 Å². The van der Waals surface area contributed by atoms with Gasteiger partial charge < -0.3 is 14.7 Å². The summed E-state index contributed by atoms with van der Waals surface area (Å²) in [5, 5.41) is 12.9. The van der Waals surface area contributed by atoms with E-state index in [-0.39, 0.29) is 34.6 Å². The number of aromatic nitrogens is 1. The predicted octanol–water partition coefficient (Wildman–Crippen LogP) is 4.29. The number of hydrogen-bond acceptors (Lipinski definition) is 6. The molecule has 7 nitrogen and oxygen atoms in total. The number of aromatic hydroxyl groups is 1. The van der Waals surface area contributed by atoms with Gasteiger partial charge in [0.25, 0.3) is 5.91 Å². The fourth-order valence-electron chi connectivity index (χ4n) is 7.66. The van der Waals surface area contributed by atoms with E-state index in [4.69, 9.17) is 4.74 Å². The van der Waals surface area contributed by atoms with Crippen molar-refractivity contribution >= 4 is 17.7 Å². The number of fused-ring (bicyclic) bond motifs is 6. The first-order valence-corrected chi connectivity index (χ1v) is 14.3. The van der Waals surface area contributed by atoms with Crippen LogP contribution in [-0.4, -0.2) is 45.0 Å². The minimum Gasteiger partial charge on any atom is -0.502 e. The van der Waals surface area contributed by atoms with Crippen molar-refractivity contribution in [1.29, 1.82) is 0 Å². The Bertz CT molecular complexity index is 1630. The van der Waals surface area contributed by atoms with Crippen LogP contribution in [0.15, 0.2) is 58.4 Å². The summed E-state index contributed by atoms with van der Waals surface area (Å²) in [7, 11) is 0. The molecule has 3 aromatic rings. The summed E-state index contributed by atoms with van der Waals surface area (Å²) in [6, 6.07) is 11.2. The van der Waals surface area contributed by atoms with Gasteiger partial charge in [-0.1, -0.05) is 24.3 Å². The van der Waals surface area contributed by atoms with Crippen LogP contribution in [0.25, 0.3) is 0 Å². The Morgan fingerprint density at radius 2 is 1.90 bits per heavy atom. The first kappa shape index (κ1) is 23.5. The van der Waals surface area contributed by atoms with Crippen molar-refractivity contribution in [3.63, 3.8) is 0 Å². The van der Waals surface area contributed by atoms with Crippen molar-refractivity contribution in [2.45, 2.75) is 60.2 Å². The first-order chi connectivity index (χ1) is 18.9. The van der Waals surface area contributed by atoms with E-state index in [1.165, 1.54) is 24.0 Å². The number of nitrogens with zero attached hydrogens (tertiary/aromatic N) is 3. The number of carbonyl (C=O) groups excluding carboxylic acids is 1. The van der Waals surface area contributed by atoms with Crippen LogP contribution in [0.2, 0.25) is 0 Å². The third-order valence-corrected chi connectivity index (χ3v) is 10.5. The molecule has 8 rings (SSSR count). The van der Waals surface area contributed by atoms with Gasteiger partial charge >= 0.3 is 0 Å².